The molecule has 3 saturated heterocycles. The van der Waals surface area contributed by atoms with Gasteiger partial charge < -0.3 is 40.8 Å². The molecule has 2 atom stereocenters. The van der Waals surface area contributed by atoms with Gasteiger partial charge in [-0.25, -0.2) is 14.6 Å². The minimum atomic E-state index is -1.80. The summed E-state index contributed by atoms with van der Waals surface area (Å²) in [5.41, 5.74) is 3.35. The first-order chi connectivity index (χ1) is 24.9. The zero-order valence-corrected chi connectivity index (χ0v) is 29.9. The van der Waals surface area contributed by atoms with Gasteiger partial charge in [0, 0.05) is 29.5 Å². The van der Waals surface area contributed by atoms with Gasteiger partial charge in [-0.1, -0.05) is 5.16 Å². The number of nitrogens with two attached hydrogens (primary N) is 1. The number of imide groups is 1. The molecule has 5 aliphatic heterocycles. The molecule has 280 valence electrons. The number of carboxylic acid groups (broad SMARTS) is 2. The molecule has 7 rings (SSSR count). The fourth-order valence-corrected chi connectivity index (χ4v) is 9.28. The number of thiazole rings is 1. The van der Waals surface area contributed by atoms with Crippen LogP contribution in [0.5, 0.6) is 11.5 Å². The van der Waals surface area contributed by atoms with Crippen LogP contribution in [0.3, 0.4) is 0 Å². The second kappa shape index (κ2) is 12.7. The predicted octanol–water partition coefficient (Wildman–Crippen LogP) is 0.297. The molecule has 0 unspecified atom stereocenters. The second-order valence-electron chi connectivity index (χ2n) is 14.2. The van der Waals surface area contributed by atoms with Gasteiger partial charge in [0.25, 0.3) is 23.6 Å². The van der Waals surface area contributed by atoms with E-state index in [0.29, 0.717) is 54.1 Å². The number of phenolic OH excluding ortho intramolecular Hbond substituents is 2. The van der Waals surface area contributed by atoms with Gasteiger partial charge in [0.05, 0.1) is 42.8 Å². The molecule has 53 heavy (non-hydrogen) atoms. The van der Waals surface area contributed by atoms with E-state index in [1.54, 1.807) is 0 Å². The highest BCUT2D eigenvalue weighted by molar-refractivity contribution is 8.00. The van der Waals surface area contributed by atoms with Crippen molar-refractivity contribution in [2.45, 2.75) is 43.7 Å². The highest BCUT2D eigenvalue weighted by Gasteiger charge is 2.59. The van der Waals surface area contributed by atoms with E-state index in [2.05, 4.69) is 15.5 Å². The van der Waals surface area contributed by atoms with Crippen LogP contribution in [0.4, 0.5) is 5.13 Å². The average molecular weight is 773 g/mol. The van der Waals surface area contributed by atoms with Crippen LogP contribution < -0.4 is 11.1 Å². The smallest absolute Gasteiger partial charge is 0.352 e. The number of hydrogen-bond acceptors (Lipinski definition) is 15. The molecule has 0 spiro atoms. The van der Waals surface area contributed by atoms with Gasteiger partial charge >= 0.3 is 11.9 Å². The van der Waals surface area contributed by atoms with E-state index in [0.717, 1.165) is 28.4 Å². The van der Waals surface area contributed by atoms with E-state index in [-0.39, 0.29) is 40.0 Å². The summed E-state index contributed by atoms with van der Waals surface area (Å²) in [5, 5.41) is 47.1. The Hall–Kier alpha value is -5.25. The SMILES string of the molecule is CC(C)(O/N=C(\C(=O)N[C@@H]1C(=O)N2C(C(=O)O)=C(C[N+]34CCC(CON5C(=O)c6cc(O)c(O)cc6C5=O)(CC3)C4)CS[C@H]12)c1csc(N)n1)C(=O)O. The molecule has 6 heterocycles. The van der Waals surface area contributed by atoms with Crippen molar-refractivity contribution in [1.82, 2.24) is 20.3 Å². The van der Waals surface area contributed by atoms with Crippen LogP contribution >= 0.6 is 23.1 Å². The highest BCUT2D eigenvalue weighted by atomic mass is 32.2. The highest BCUT2D eigenvalue weighted by Crippen LogP contribution is 2.49. The minimum Gasteiger partial charge on any atom is -0.504 e. The van der Waals surface area contributed by atoms with Crippen LogP contribution in [0, 0.1) is 5.41 Å². The van der Waals surface area contributed by atoms with Gasteiger partial charge in [-0.15, -0.1) is 28.2 Å². The van der Waals surface area contributed by atoms with Crippen LogP contribution in [-0.4, -0.2) is 137 Å². The molecule has 19 nitrogen and oxygen atoms in total. The molecule has 21 heteroatoms. The van der Waals surface area contributed by atoms with Crippen molar-refractivity contribution in [3.63, 3.8) is 0 Å². The fourth-order valence-electron chi connectivity index (χ4n) is 7.40. The van der Waals surface area contributed by atoms with E-state index in [9.17, 15) is 49.2 Å². The number of oxime groups is 1. The Bertz CT molecular complexity index is 2010. The number of carboxylic acids is 2. The third kappa shape index (κ3) is 6.11. The van der Waals surface area contributed by atoms with E-state index >= 15 is 0 Å². The number of phenols is 2. The number of aliphatic carboxylic acids is 2. The largest absolute Gasteiger partial charge is 0.504 e. The number of benzene rings is 1. The van der Waals surface area contributed by atoms with Gasteiger partial charge in [0.1, 0.15) is 29.4 Å². The third-order valence-electron chi connectivity index (χ3n) is 10.3. The third-order valence-corrected chi connectivity index (χ3v) is 12.3. The summed E-state index contributed by atoms with van der Waals surface area (Å²) in [6, 6.07) is 0.914. The molecule has 2 aromatic rings. The number of rotatable bonds is 12. The van der Waals surface area contributed by atoms with Crippen molar-refractivity contribution < 1.29 is 63.4 Å². The van der Waals surface area contributed by atoms with Crippen molar-refractivity contribution in [3.05, 3.63) is 45.6 Å². The summed E-state index contributed by atoms with van der Waals surface area (Å²) in [6.45, 7) is 4.78. The fraction of sp³-hybridized carbons (Fsp3) is 0.438. The molecule has 5 aliphatic rings. The van der Waals surface area contributed by atoms with Crippen LogP contribution in [-0.2, 0) is 28.9 Å². The van der Waals surface area contributed by atoms with Gasteiger partial charge in [-0.3, -0.25) is 28.9 Å². The van der Waals surface area contributed by atoms with Crippen molar-refractivity contribution in [3.8, 4) is 11.5 Å². The summed E-state index contributed by atoms with van der Waals surface area (Å²) >= 11 is 2.30. The van der Waals surface area contributed by atoms with E-state index in [1.165, 1.54) is 31.0 Å². The van der Waals surface area contributed by atoms with Crippen LogP contribution in [0.2, 0.25) is 0 Å². The molecule has 0 saturated carbocycles. The quantitative estimate of drug-likeness (QED) is 0.0423. The van der Waals surface area contributed by atoms with Crippen molar-refractivity contribution >= 4 is 69.5 Å². The summed E-state index contributed by atoms with van der Waals surface area (Å²) in [4.78, 5) is 93.0. The lowest BCUT2D eigenvalue weighted by molar-refractivity contribution is -0.905. The summed E-state index contributed by atoms with van der Waals surface area (Å²) in [6.07, 6.45) is 1.36. The number of nitrogen functional groups attached to an aromatic ring is 1. The van der Waals surface area contributed by atoms with E-state index < -0.39 is 75.2 Å². The Kier molecular flexibility index (Phi) is 8.66. The Morgan fingerprint density at radius 3 is 2.32 bits per heavy atom. The maximum absolute atomic E-state index is 13.5. The first-order valence-electron chi connectivity index (χ1n) is 16.3. The molecule has 7 N–H and O–H groups in total. The van der Waals surface area contributed by atoms with Crippen molar-refractivity contribution in [1.29, 1.82) is 0 Å². The van der Waals surface area contributed by atoms with Crippen LogP contribution in [0.25, 0.3) is 0 Å². The predicted molar refractivity (Wildman–Crippen MR) is 183 cm³/mol. The number of carbonyl (C=O) groups excluding carboxylic acids is 4. The lowest BCUT2D eigenvalue weighted by Gasteiger charge is -2.50. The average Bonchev–Trinajstić information content (AvgIpc) is 3.85. The zero-order chi connectivity index (χ0) is 38.2. The minimum absolute atomic E-state index is 0.00421. The first-order valence-corrected chi connectivity index (χ1v) is 18.2. The molecule has 1 aromatic carbocycles. The monoisotopic (exact) mass is 772 g/mol. The number of aromatic nitrogens is 1. The molecule has 0 aliphatic carbocycles. The summed E-state index contributed by atoms with van der Waals surface area (Å²) in [7, 11) is 0. The molecule has 4 amide bonds. The van der Waals surface area contributed by atoms with Gasteiger partial charge in [-0.05, 0) is 26.0 Å². The number of carbonyl (C=O) groups is 6. The molecular formula is C32H34N7O12S2+. The maximum Gasteiger partial charge on any atom is 0.352 e. The second-order valence-corrected chi connectivity index (χ2v) is 16.2. The molecule has 0 radical (unpaired) electrons. The van der Waals surface area contributed by atoms with Gasteiger partial charge in [0.2, 0.25) is 5.60 Å². The molecule has 3 fully saturated rings. The number of hydrogen-bond donors (Lipinski definition) is 6. The lowest BCUT2D eigenvalue weighted by atomic mass is 9.86. The number of piperidine rings is 1. The Labute approximate surface area is 308 Å². The van der Waals surface area contributed by atoms with Crippen LogP contribution in [0.1, 0.15) is 53.1 Å². The van der Waals surface area contributed by atoms with E-state index in [1.807, 2.05) is 0 Å². The Morgan fingerprint density at radius 2 is 1.75 bits per heavy atom. The summed E-state index contributed by atoms with van der Waals surface area (Å²) in [5.74, 6) is -6.49. The zero-order valence-electron chi connectivity index (χ0n) is 28.2. The standard InChI is InChI=1S/C32H33N7O12S2/c1-31(2,29(48)49)51-36-20(17-11-53-30(33)34-17)23(42)35-21-26(45)37-22(28(46)47)14(10-52-27(21)37)9-39-5-3-32(12-39,4-6-39)13-50-38-24(43)15-7-18(40)19(41)8-16(15)25(38)44/h7-8,11,21,27H,3-6,9-10,12-13H2,1-2H3,(H6-,33,34,35,36,40,41,42,43,44,46,47,48,49)/p+1/t21-,27-,32?,39?/m1/s1. The summed E-state index contributed by atoms with van der Waals surface area (Å²) < 4.78 is 0.524. The number of nitrogens with one attached hydrogen (secondary N) is 1. The number of anilines is 1. The number of hydroxylamine groups is 2. The maximum atomic E-state index is 13.5. The number of amides is 4. The number of nitrogens with zero attached hydrogens (tertiary/aromatic N) is 5. The van der Waals surface area contributed by atoms with Crippen molar-refractivity contribution in [2.75, 3.05) is 44.3 Å². The first kappa shape index (κ1) is 36.1. The van der Waals surface area contributed by atoms with Gasteiger partial charge in [-0.2, -0.15) is 0 Å². The molecular weight excluding hydrogens is 739 g/mol. The topological polar surface area (TPSA) is 272 Å². The number of thioether (sulfide) groups is 1. The van der Waals surface area contributed by atoms with Crippen molar-refractivity contribution in [2.24, 2.45) is 10.6 Å². The number of β-lactam (4-membered cyclic amide) rings is 1. The van der Waals surface area contributed by atoms with Gasteiger partial charge in [0.15, 0.2) is 22.3 Å². The lowest BCUT2D eigenvalue weighted by Crippen LogP contribution is -2.71. The molecule has 1 aromatic heterocycles. The Morgan fingerprint density at radius 1 is 1.11 bits per heavy atom. The number of quaternary nitrogens is 1. The number of aromatic hydroxyl groups is 2. The normalized spacial score (nSPS) is 26.5. The van der Waals surface area contributed by atoms with E-state index in [4.69, 9.17) is 15.4 Å². The molecule has 2 bridgehead atoms. The van der Waals surface area contributed by atoms with Crippen LogP contribution in [0.15, 0.2) is 33.9 Å². The number of fused-ring (bicyclic) bond motifs is 4. The Balaban J connectivity index is 1.03.